The zero-order valence-corrected chi connectivity index (χ0v) is 37.3. The molecule has 7 aromatic rings. The number of methoxy groups -OCH3 is 1. The number of carbonyl (C=O) groups excluding carboxylic acids is 1. The molecule has 2 heterocycles. The molecule has 0 saturated carbocycles. The molecule has 0 unspecified atom stereocenters. The number of esters is 1. The molecule has 2 aromatic heterocycles. The summed E-state index contributed by atoms with van der Waals surface area (Å²) in [4.78, 5) is 23.4. The third kappa shape index (κ3) is 9.63. The van der Waals surface area contributed by atoms with Crippen molar-refractivity contribution in [3.8, 4) is 0 Å². The van der Waals surface area contributed by atoms with E-state index in [1.807, 2.05) is 30.9 Å². The summed E-state index contributed by atoms with van der Waals surface area (Å²) in [5.74, 6) is -0.335. The molecule has 1 N–H and O–H groups in total. The third-order valence-electron chi connectivity index (χ3n) is 10.8. The minimum atomic E-state index is -2.64. The molecule has 0 atom stereocenters. The first-order chi connectivity index (χ1) is 28.4. The molecule has 8 nitrogen and oxygen atoms in total. The summed E-state index contributed by atoms with van der Waals surface area (Å²) in [6.07, 6.45) is 7.24. The molecule has 5 aromatic carbocycles. The average Bonchev–Trinajstić information content (AvgIpc) is 3.95. The van der Waals surface area contributed by atoms with Crippen LogP contribution in [0, 0.1) is 0 Å². The number of rotatable bonds is 13. The molecule has 0 fully saturated rings. The highest BCUT2D eigenvalue weighted by atomic mass is 28.4. The Morgan fingerprint density at radius 3 is 1.42 bits per heavy atom. The SMILES string of the molecule is CC(C)(C)[Si](OCc1cnc[nH]1)(c1ccccc1)c1ccccc1.COC(=O)c1ccc(Cn2cncc2CO[Si](c2ccccc2)(c2ccccc2)C(C)(C)C)cc1. The number of aromatic nitrogens is 4. The lowest BCUT2D eigenvalue weighted by molar-refractivity contribution is 0.0600. The Bertz CT molecular complexity index is 2240. The average molecular weight is 821 g/mol. The Morgan fingerprint density at radius 2 is 1.03 bits per heavy atom. The third-order valence-corrected chi connectivity index (χ3v) is 20.8. The number of H-pyrrole nitrogens is 1. The predicted molar refractivity (Wildman–Crippen MR) is 243 cm³/mol. The highest BCUT2D eigenvalue weighted by molar-refractivity contribution is 7.00. The maximum atomic E-state index is 11.7. The Hall–Kier alpha value is -5.66. The number of benzene rings is 5. The van der Waals surface area contributed by atoms with Gasteiger partial charge in [0.25, 0.3) is 16.6 Å². The molecule has 0 aliphatic carbocycles. The molecule has 59 heavy (non-hydrogen) atoms. The lowest BCUT2D eigenvalue weighted by Gasteiger charge is -2.43. The van der Waals surface area contributed by atoms with Crippen LogP contribution in [0.5, 0.6) is 0 Å². The summed E-state index contributed by atoms with van der Waals surface area (Å²) in [5.41, 5.74) is 3.62. The number of carbonyl (C=O) groups is 1. The van der Waals surface area contributed by atoms with Gasteiger partial charge in [0.05, 0.1) is 62.3 Å². The van der Waals surface area contributed by atoms with Crippen LogP contribution < -0.4 is 20.7 Å². The van der Waals surface area contributed by atoms with Crippen molar-refractivity contribution >= 4 is 43.4 Å². The van der Waals surface area contributed by atoms with Crippen LogP contribution in [-0.4, -0.2) is 49.2 Å². The smallest absolute Gasteiger partial charge is 0.337 e. The maximum Gasteiger partial charge on any atom is 0.337 e. The van der Waals surface area contributed by atoms with Crippen molar-refractivity contribution < 1.29 is 18.4 Å². The standard InChI is InChI=1S/C29H32N2O3Si.C20H24N2OSi/c1-29(2,3)35(26-11-7-5-8-12-26,27-13-9-6-10-14-27)34-21-25-19-30-22-31(25)20-23-15-17-24(18-16-23)28(32)33-4;1-20(2,3)24(18-10-6-4-7-11-18,19-12-8-5-9-13-19)23-15-17-14-21-16-22-17/h5-19,22H,20-21H2,1-4H3;4-14,16H,15H2,1-3H3,(H,21,22). The summed E-state index contributed by atoms with van der Waals surface area (Å²) in [5, 5.41) is 5.00. The summed E-state index contributed by atoms with van der Waals surface area (Å²) in [6.45, 7) is 15.3. The quantitative estimate of drug-likeness (QED) is 0.0931. The zero-order chi connectivity index (χ0) is 41.9. The second kappa shape index (κ2) is 18.9. The fraction of sp³-hybridized carbons (Fsp3) is 0.245. The molecule has 0 bridgehead atoms. The summed E-state index contributed by atoms with van der Waals surface area (Å²) >= 11 is 0. The lowest BCUT2D eigenvalue weighted by atomic mass is 10.1. The van der Waals surface area contributed by atoms with Crippen molar-refractivity contribution in [3.05, 3.63) is 193 Å². The van der Waals surface area contributed by atoms with Crippen LogP contribution in [0.2, 0.25) is 10.1 Å². The van der Waals surface area contributed by atoms with E-state index in [2.05, 4.69) is 182 Å². The Balaban J connectivity index is 0.000000213. The molecule has 0 aliphatic rings. The number of ether oxygens (including phenoxy) is 1. The van der Waals surface area contributed by atoms with Gasteiger partial charge in [-0.1, -0.05) is 175 Å². The van der Waals surface area contributed by atoms with Gasteiger partial charge in [-0.15, -0.1) is 0 Å². The van der Waals surface area contributed by atoms with E-state index in [1.165, 1.54) is 27.9 Å². The van der Waals surface area contributed by atoms with Crippen LogP contribution in [0.4, 0.5) is 0 Å². The van der Waals surface area contributed by atoms with Crippen LogP contribution in [0.25, 0.3) is 0 Å². The van der Waals surface area contributed by atoms with Crippen molar-refractivity contribution in [3.63, 3.8) is 0 Å². The van der Waals surface area contributed by atoms with Gasteiger partial charge < -0.3 is 23.1 Å². The Morgan fingerprint density at radius 1 is 0.593 bits per heavy atom. The Labute approximate surface area is 351 Å². The molecule has 0 aliphatic heterocycles. The zero-order valence-electron chi connectivity index (χ0n) is 35.3. The number of nitrogens with one attached hydrogen (secondary N) is 1. The van der Waals surface area contributed by atoms with Gasteiger partial charge in [0.15, 0.2) is 0 Å². The first-order valence-electron chi connectivity index (χ1n) is 20.0. The highest BCUT2D eigenvalue weighted by Gasteiger charge is 2.51. The predicted octanol–water partition coefficient (Wildman–Crippen LogP) is 8.28. The van der Waals surface area contributed by atoms with Crippen LogP contribution in [0.15, 0.2) is 171 Å². The van der Waals surface area contributed by atoms with E-state index in [1.54, 1.807) is 18.5 Å². The molecule has 0 saturated heterocycles. The number of aromatic amines is 1. The van der Waals surface area contributed by atoms with Gasteiger partial charge in [-0.05, 0) is 48.5 Å². The van der Waals surface area contributed by atoms with Crippen LogP contribution in [-0.2, 0) is 33.3 Å². The van der Waals surface area contributed by atoms with Crippen LogP contribution >= 0.6 is 0 Å². The van der Waals surface area contributed by atoms with Crippen molar-refractivity contribution in [1.82, 2.24) is 19.5 Å². The van der Waals surface area contributed by atoms with Crippen LogP contribution in [0.3, 0.4) is 0 Å². The summed E-state index contributed by atoms with van der Waals surface area (Å²) in [6, 6.07) is 50.1. The maximum absolute atomic E-state index is 11.7. The fourth-order valence-corrected chi connectivity index (χ4v) is 17.0. The van der Waals surface area contributed by atoms with E-state index in [-0.39, 0.29) is 16.0 Å². The van der Waals surface area contributed by atoms with Gasteiger partial charge in [-0.3, -0.25) is 0 Å². The van der Waals surface area contributed by atoms with Gasteiger partial charge in [-0.25, -0.2) is 14.8 Å². The van der Waals surface area contributed by atoms with E-state index >= 15 is 0 Å². The minimum Gasteiger partial charge on any atom is -0.465 e. The number of nitrogens with zero attached hydrogens (tertiary/aromatic N) is 3. The molecule has 10 heteroatoms. The van der Waals surface area contributed by atoms with Crippen molar-refractivity contribution in [2.75, 3.05) is 7.11 Å². The van der Waals surface area contributed by atoms with E-state index < -0.39 is 16.6 Å². The van der Waals surface area contributed by atoms with Crippen molar-refractivity contribution in [1.29, 1.82) is 0 Å². The molecule has 304 valence electrons. The molecule has 0 amide bonds. The first kappa shape index (κ1) is 42.9. The first-order valence-corrected chi connectivity index (χ1v) is 23.8. The molecular weight excluding hydrogens is 765 g/mol. The Kier molecular flexibility index (Phi) is 13.8. The van der Waals surface area contributed by atoms with E-state index in [0.717, 1.165) is 17.0 Å². The lowest BCUT2D eigenvalue weighted by Crippen LogP contribution is -2.66. The second-order valence-electron chi connectivity index (χ2n) is 16.7. The molecular formula is C49H56N4O4Si2. The summed E-state index contributed by atoms with van der Waals surface area (Å²) < 4.78 is 20.7. The minimum absolute atomic E-state index is 0.00424. The van der Waals surface area contributed by atoms with Gasteiger partial charge >= 0.3 is 5.97 Å². The van der Waals surface area contributed by atoms with E-state index in [9.17, 15) is 4.79 Å². The molecule has 7 rings (SSSR count). The van der Waals surface area contributed by atoms with Gasteiger partial charge in [0.1, 0.15) is 0 Å². The largest absolute Gasteiger partial charge is 0.465 e. The number of hydrogen-bond donors (Lipinski definition) is 1. The van der Waals surface area contributed by atoms with Crippen LogP contribution in [0.1, 0.15) is 68.9 Å². The monoisotopic (exact) mass is 820 g/mol. The van der Waals surface area contributed by atoms with Crippen molar-refractivity contribution in [2.45, 2.75) is 71.4 Å². The molecule has 0 radical (unpaired) electrons. The van der Waals surface area contributed by atoms with Gasteiger partial charge in [0.2, 0.25) is 0 Å². The topological polar surface area (TPSA) is 91.3 Å². The normalized spacial score (nSPS) is 12.1. The number of imidazole rings is 2. The molecule has 0 spiro atoms. The van der Waals surface area contributed by atoms with Gasteiger partial charge in [-0.2, -0.15) is 0 Å². The fourth-order valence-electron chi connectivity index (χ4n) is 7.93. The summed E-state index contributed by atoms with van der Waals surface area (Å²) in [7, 11) is -3.70. The highest BCUT2D eigenvalue weighted by Crippen LogP contribution is 2.38. The van der Waals surface area contributed by atoms with E-state index in [4.69, 9.17) is 13.6 Å². The van der Waals surface area contributed by atoms with Crippen molar-refractivity contribution in [2.24, 2.45) is 0 Å². The van der Waals surface area contributed by atoms with E-state index in [0.29, 0.717) is 25.3 Å². The number of hydrogen-bond acceptors (Lipinski definition) is 6. The van der Waals surface area contributed by atoms with Gasteiger partial charge in [0, 0.05) is 6.54 Å². The second-order valence-corrected chi connectivity index (χ2v) is 25.3.